The number of aromatic amines is 1. The van der Waals surface area contributed by atoms with Gasteiger partial charge < -0.3 is 25.4 Å². The van der Waals surface area contributed by atoms with Gasteiger partial charge in [0.2, 0.25) is 11.8 Å². The molecule has 3 atom stereocenters. The molecule has 0 saturated carbocycles. The number of para-hydroxylation sites is 2. The van der Waals surface area contributed by atoms with E-state index in [1.165, 1.54) is 0 Å². The quantitative estimate of drug-likeness (QED) is 0.268. The van der Waals surface area contributed by atoms with Crippen LogP contribution in [0.25, 0.3) is 11.0 Å². The number of anilines is 1. The molecule has 2 bridgehead atoms. The first-order valence-corrected chi connectivity index (χ1v) is 17.9. The van der Waals surface area contributed by atoms with E-state index in [4.69, 9.17) is 5.73 Å². The number of aromatic nitrogens is 2. The average molecular weight is 736 g/mol. The van der Waals surface area contributed by atoms with Gasteiger partial charge in [-0.25, -0.2) is 4.79 Å². The number of carbonyl (C=O) groups excluding carboxylic acids is 2. The number of nitrogens with one attached hydrogen (secondary N) is 1. The van der Waals surface area contributed by atoms with Crippen molar-refractivity contribution in [3.8, 4) is 0 Å². The maximum atomic E-state index is 14.1. The van der Waals surface area contributed by atoms with E-state index in [1.54, 1.807) is 20.4 Å². The van der Waals surface area contributed by atoms with Gasteiger partial charge in [0, 0.05) is 69.9 Å². The smallest absolute Gasteiger partial charge is 0.398 e. The lowest BCUT2D eigenvalue weighted by atomic mass is 9.90. The molecule has 3 aromatic rings. The number of fused-ring (bicyclic) bond motifs is 3. The van der Waals surface area contributed by atoms with Crippen LogP contribution in [0.5, 0.6) is 0 Å². The van der Waals surface area contributed by atoms with Gasteiger partial charge in [0.1, 0.15) is 0 Å². The Hall–Kier alpha value is -4.05. The molecule has 282 valence electrons. The lowest BCUT2D eigenvalue weighted by Gasteiger charge is -2.42. The van der Waals surface area contributed by atoms with E-state index in [9.17, 15) is 40.7 Å². The zero-order chi connectivity index (χ0) is 37.1. The highest BCUT2D eigenvalue weighted by atomic mass is 19.4. The summed E-state index contributed by atoms with van der Waals surface area (Å²) in [6.45, 7) is 3.26. The predicted octanol–water partition coefficient (Wildman–Crippen LogP) is 4.74. The fourth-order valence-electron chi connectivity index (χ4n) is 9.00. The first kappa shape index (κ1) is 36.3. The summed E-state index contributed by atoms with van der Waals surface area (Å²) in [6, 6.07) is 9.47. The molecule has 2 amide bonds. The molecule has 16 heteroatoms. The minimum atomic E-state index is -5.17. The second-order valence-corrected chi connectivity index (χ2v) is 14.9. The molecule has 3 N–H and O–H groups in total. The predicted molar refractivity (Wildman–Crippen MR) is 181 cm³/mol. The van der Waals surface area contributed by atoms with Crippen LogP contribution in [0.2, 0.25) is 0 Å². The van der Waals surface area contributed by atoms with E-state index in [0.717, 1.165) is 25.0 Å². The van der Waals surface area contributed by atoms with Crippen LogP contribution in [0, 0.1) is 5.92 Å². The molecule has 0 radical (unpaired) electrons. The third-order valence-corrected chi connectivity index (χ3v) is 11.7. The molecule has 7 rings (SSSR count). The molecule has 2 unspecified atom stereocenters. The number of hydrogen-bond acceptors (Lipinski definition) is 6. The highest BCUT2D eigenvalue weighted by Gasteiger charge is 2.45. The number of amides is 2. The van der Waals surface area contributed by atoms with Crippen molar-refractivity contribution < 1.29 is 35.9 Å². The molecule has 10 nitrogen and oxygen atoms in total. The molecular weight excluding hydrogens is 692 g/mol. The van der Waals surface area contributed by atoms with Gasteiger partial charge in [0.25, 0.3) is 0 Å². The van der Waals surface area contributed by atoms with E-state index in [1.807, 2.05) is 18.2 Å². The second kappa shape index (κ2) is 13.7. The van der Waals surface area contributed by atoms with Crippen LogP contribution in [0.3, 0.4) is 0 Å². The Balaban J connectivity index is 1.09. The normalized spacial score (nSPS) is 23.2. The average Bonchev–Trinajstić information content (AvgIpc) is 3.78. The highest BCUT2D eigenvalue weighted by molar-refractivity contribution is 5.86. The molecule has 1 aromatic heterocycles. The van der Waals surface area contributed by atoms with E-state index < -0.39 is 53.3 Å². The Morgan fingerprint density at radius 3 is 2.02 bits per heavy atom. The van der Waals surface area contributed by atoms with Crippen LogP contribution >= 0.6 is 0 Å². The molecular formula is C36H43F6N7O3. The van der Waals surface area contributed by atoms with Crippen LogP contribution < -0.4 is 11.4 Å². The number of halogens is 6. The van der Waals surface area contributed by atoms with Crippen molar-refractivity contribution >= 4 is 28.5 Å². The standard InChI is InChI=1S/C36H43F6N7O3/c1-45-19-26-18-25(45)20-48(26)23-6-12-47(13-7-23)33(51)22(14-21-15-27(35(37,38)39)32(43)28(16-21)36(40,41)42)17-31(50)46-10-8-24(9-11-46)49-30-5-3-2-4-29(30)44-34(49)52/h2-5,15-16,22-26H,6-14,17-20,43H2,1H3,(H,44,52)/t22-,25?,26?/m0/s1. The summed E-state index contributed by atoms with van der Waals surface area (Å²) in [4.78, 5) is 51.6. The number of piperazine rings is 1. The van der Waals surface area contributed by atoms with E-state index in [0.29, 0.717) is 68.5 Å². The Morgan fingerprint density at radius 1 is 0.846 bits per heavy atom. The number of hydrogen-bond donors (Lipinski definition) is 2. The van der Waals surface area contributed by atoms with Crippen LogP contribution in [-0.4, -0.2) is 105 Å². The van der Waals surface area contributed by atoms with E-state index in [2.05, 4.69) is 21.8 Å². The van der Waals surface area contributed by atoms with Gasteiger partial charge in [-0.05, 0) is 75.4 Å². The molecule has 4 aliphatic heterocycles. The van der Waals surface area contributed by atoms with E-state index in [-0.39, 0.29) is 42.8 Å². The van der Waals surface area contributed by atoms with Gasteiger partial charge >= 0.3 is 18.0 Å². The van der Waals surface area contributed by atoms with Crippen LogP contribution in [0.15, 0.2) is 41.2 Å². The Morgan fingerprint density at radius 2 is 1.44 bits per heavy atom. The van der Waals surface area contributed by atoms with Gasteiger partial charge in [-0.2, -0.15) is 26.3 Å². The summed E-state index contributed by atoms with van der Waals surface area (Å²) in [5.41, 5.74) is 1.51. The zero-order valence-corrected chi connectivity index (χ0v) is 28.8. The maximum Gasteiger partial charge on any atom is 0.418 e. The zero-order valence-electron chi connectivity index (χ0n) is 28.8. The second-order valence-electron chi connectivity index (χ2n) is 14.9. The Bertz CT molecular complexity index is 1840. The summed E-state index contributed by atoms with van der Waals surface area (Å²) in [7, 11) is 2.12. The van der Waals surface area contributed by atoms with Crippen molar-refractivity contribution in [2.45, 2.75) is 81.5 Å². The molecule has 4 fully saturated rings. The number of carbonyl (C=O) groups is 2. The third kappa shape index (κ3) is 7.03. The number of alkyl halides is 6. The fraction of sp³-hybridized carbons (Fsp3) is 0.583. The summed E-state index contributed by atoms with van der Waals surface area (Å²) >= 11 is 0. The minimum Gasteiger partial charge on any atom is -0.398 e. The number of nitrogens with zero attached hydrogens (tertiary/aromatic N) is 5. The number of H-pyrrole nitrogens is 1. The van der Waals surface area contributed by atoms with Crippen molar-refractivity contribution in [3.63, 3.8) is 0 Å². The molecule has 4 aliphatic rings. The fourth-order valence-corrected chi connectivity index (χ4v) is 9.00. The summed E-state index contributed by atoms with van der Waals surface area (Å²) in [5.74, 6) is -2.08. The van der Waals surface area contributed by atoms with Crippen molar-refractivity contribution in [1.29, 1.82) is 0 Å². The van der Waals surface area contributed by atoms with Crippen LogP contribution in [0.1, 0.15) is 61.3 Å². The highest BCUT2D eigenvalue weighted by Crippen LogP contribution is 2.43. The number of benzene rings is 2. The van der Waals surface area contributed by atoms with Gasteiger partial charge in [-0.15, -0.1) is 0 Å². The first-order valence-electron chi connectivity index (χ1n) is 17.9. The number of piperidine rings is 2. The maximum absolute atomic E-state index is 14.1. The SMILES string of the molecule is CN1CC2CC1CN2C1CCN(C(=O)[C@H](CC(=O)N2CCC(n3c(=O)[nH]c4ccccc43)CC2)Cc2cc(C(F)(F)F)c(N)c(C(F)(F)F)c2)CC1. The van der Waals surface area contributed by atoms with Crippen LogP contribution in [0.4, 0.5) is 32.0 Å². The largest absolute Gasteiger partial charge is 0.418 e. The number of imidazole rings is 1. The topological polar surface area (TPSA) is 111 Å². The lowest BCUT2D eigenvalue weighted by molar-refractivity contribution is -0.143. The van der Waals surface area contributed by atoms with Gasteiger partial charge in [0.15, 0.2) is 0 Å². The molecule has 0 spiro atoms. The van der Waals surface area contributed by atoms with Crippen molar-refractivity contribution in [1.82, 2.24) is 29.2 Å². The van der Waals surface area contributed by atoms with Gasteiger partial charge in [0.05, 0.1) is 33.8 Å². The summed E-state index contributed by atoms with van der Waals surface area (Å²) in [5, 5.41) is 0. The van der Waals surface area contributed by atoms with Gasteiger partial charge in [-0.3, -0.25) is 19.1 Å². The number of likely N-dealkylation sites (N-methyl/N-ethyl adjacent to an activating group) is 1. The Kier molecular flexibility index (Phi) is 9.59. The summed E-state index contributed by atoms with van der Waals surface area (Å²) in [6.07, 6.45) is -7.82. The molecule has 2 aromatic carbocycles. The van der Waals surface area contributed by atoms with E-state index >= 15 is 0 Å². The van der Waals surface area contributed by atoms with Crippen molar-refractivity contribution in [2.24, 2.45) is 5.92 Å². The number of nitrogen functional groups attached to an aromatic ring is 1. The molecule has 52 heavy (non-hydrogen) atoms. The monoisotopic (exact) mass is 735 g/mol. The van der Waals surface area contributed by atoms with Crippen molar-refractivity contribution in [3.05, 3.63) is 63.6 Å². The van der Waals surface area contributed by atoms with Crippen molar-refractivity contribution in [2.75, 3.05) is 52.0 Å². The Labute approximate surface area is 296 Å². The summed E-state index contributed by atoms with van der Waals surface area (Å²) < 4.78 is 85.1. The first-order chi connectivity index (χ1) is 24.6. The molecule has 4 saturated heterocycles. The van der Waals surface area contributed by atoms with Gasteiger partial charge in [-0.1, -0.05) is 12.1 Å². The molecule has 0 aliphatic carbocycles. The van der Waals surface area contributed by atoms with Crippen LogP contribution in [-0.2, 0) is 28.4 Å². The number of nitrogens with two attached hydrogens (primary N) is 1. The third-order valence-electron chi connectivity index (χ3n) is 11.7. The lowest BCUT2D eigenvalue weighted by Crippen LogP contribution is -2.54. The molecule has 5 heterocycles. The number of likely N-dealkylation sites (tertiary alicyclic amines) is 4. The number of rotatable bonds is 7. The minimum absolute atomic E-state index is 0.186.